The van der Waals surface area contributed by atoms with Gasteiger partial charge in [0.05, 0.1) is 24.2 Å². The molecule has 2 bridgehead atoms. The number of amides is 7. The summed E-state index contributed by atoms with van der Waals surface area (Å²) < 4.78 is 13.2. The first-order chi connectivity index (χ1) is 24.7. The van der Waals surface area contributed by atoms with Crippen molar-refractivity contribution in [3.05, 3.63) is 71.8 Å². The van der Waals surface area contributed by atoms with Crippen LogP contribution in [0.3, 0.4) is 0 Å². The van der Waals surface area contributed by atoms with E-state index in [4.69, 9.17) is 9.31 Å². The Bertz CT molecular complexity index is 1660. The van der Waals surface area contributed by atoms with Crippen molar-refractivity contribution in [2.24, 2.45) is 23.2 Å². The minimum absolute atomic E-state index is 0.00417. The van der Waals surface area contributed by atoms with E-state index < -0.39 is 66.4 Å². The molecule has 0 aromatic heterocycles. The van der Waals surface area contributed by atoms with Crippen LogP contribution in [0.5, 0.6) is 0 Å². The normalized spacial score (nSPS) is 27.1. The molecule has 2 aromatic carbocycles. The quantitative estimate of drug-likeness (QED) is 0.273. The Kier molecular flexibility index (Phi) is 10.8. The van der Waals surface area contributed by atoms with Gasteiger partial charge in [0.25, 0.3) is 11.8 Å². The summed E-state index contributed by atoms with van der Waals surface area (Å²) in [4.78, 5) is 70.7. The Morgan fingerprint density at radius 3 is 2.27 bits per heavy atom. The Hall–Kier alpha value is -4.23. The molecule has 12 nitrogen and oxygen atoms in total. The molecule has 13 heteroatoms. The number of aryl methyl sites for hydroxylation is 1. The maximum absolute atomic E-state index is 14.3. The molecule has 2 heterocycles. The molecule has 7 atom stereocenters. The molecule has 0 spiro atoms. The molecule has 5 aliphatic rings. The number of hydrogen-bond donors (Lipinski definition) is 3. The summed E-state index contributed by atoms with van der Waals surface area (Å²) in [6.07, 6.45) is 3.80. The lowest BCUT2D eigenvalue weighted by molar-refractivity contribution is -0.199. The van der Waals surface area contributed by atoms with Gasteiger partial charge < -0.3 is 24.8 Å². The highest BCUT2D eigenvalue weighted by atomic mass is 16.7. The second kappa shape index (κ2) is 15.0. The number of carbonyl (C=O) groups is 5. The molecule has 3 aliphatic carbocycles. The van der Waals surface area contributed by atoms with Crippen molar-refractivity contribution < 1.29 is 33.3 Å². The van der Waals surface area contributed by atoms with Crippen molar-refractivity contribution in [2.45, 2.75) is 103 Å². The van der Waals surface area contributed by atoms with Gasteiger partial charge in [0, 0.05) is 12.1 Å². The number of carbonyl (C=O) groups excluding carboxylic acids is 5. The number of imide groups is 2. The molecule has 2 aromatic rings. The van der Waals surface area contributed by atoms with Crippen LogP contribution in [-0.4, -0.2) is 89.5 Å². The number of hydrogen-bond acceptors (Lipinski definition) is 7. The minimum Gasteiger partial charge on any atom is -0.404 e. The number of nitrogens with zero attached hydrogens (tertiary/aromatic N) is 2. The van der Waals surface area contributed by atoms with Gasteiger partial charge in [-0.1, -0.05) is 83.1 Å². The predicted molar refractivity (Wildman–Crippen MR) is 196 cm³/mol. The second-order valence-electron chi connectivity index (χ2n) is 15.9. The van der Waals surface area contributed by atoms with E-state index >= 15 is 0 Å². The lowest BCUT2D eigenvalue weighted by atomic mass is 9.43. The standard InChI is InChI=1S/C39H52BN5O7/c1-7-31(40-51-30-22-27-21-29(38(27,4)5)39(30,6)52-40)41-34(47)28-23-44(20-14-17-25-15-10-8-11-16-25)37(50)45(28)35(48)32(24(2)3)42-36(49)43-33(46)26-18-12-9-13-19-26/h8-13,15-16,18-19,24,27-32H,7,14,17,20-23H2,1-6H3,(H,41,47)(H2,42,43,46,49)/t27?,28-,29?,30+,31-,32-,39-/m0/s1. The first-order valence-corrected chi connectivity index (χ1v) is 18.7. The van der Waals surface area contributed by atoms with Gasteiger partial charge >= 0.3 is 19.2 Å². The van der Waals surface area contributed by atoms with Gasteiger partial charge in [-0.3, -0.25) is 19.7 Å². The molecule has 52 heavy (non-hydrogen) atoms. The molecular weight excluding hydrogens is 661 g/mol. The number of benzene rings is 2. The molecule has 0 radical (unpaired) electrons. The van der Waals surface area contributed by atoms with Crippen LogP contribution in [-0.2, 0) is 25.3 Å². The maximum Gasteiger partial charge on any atom is 0.481 e. The molecule has 2 saturated heterocycles. The van der Waals surface area contributed by atoms with Crippen molar-refractivity contribution in [3.8, 4) is 0 Å². The molecular formula is C39H52BN5O7. The highest BCUT2D eigenvalue weighted by Gasteiger charge is 2.68. The Balaban J connectivity index is 1.18. The average molecular weight is 714 g/mol. The maximum atomic E-state index is 14.3. The molecule has 278 valence electrons. The number of nitrogens with one attached hydrogen (secondary N) is 3. The fourth-order valence-corrected chi connectivity index (χ4v) is 8.73. The van der Waals surface area contributed by atoms with E-state index in [0.29, 0.717) is 37.6 Å². The van der Waals surface area contributed by atoms with Gasteiger partial charge in [-0.15, -0.1) is 0 Å². The summed E-state index contributed by atoms with van der Waals surface area (Å²) in [5.41, 5.74) is 1.10. The average Bonchev–Trinajstić information content (AvgIpc) is 3.65. The van der Waals surface area contributed by atoms with Crippen LogP contribution in [0.25, 0.3) is 0 Å². The molecule has 5 fully saturated rings. The topological polar surface area (TPSA) is 146 Å². The van der Waals surface area contributed by atoms with Crippen LogP contribution in [0.2, 0.25) is 0 Å². The SMILES string of the molecule is CC[C@H](NC(=O)[C@@H]1CN(CCCc2ccccc2)C(=O)N1C(=O)[C@@H](NC(=O)NC(=O)c1ccccc1)C(C)C)B1O[C@@H]2CC3CC(C3(C)C)[C@]2(C)O1. The van der Waals surface area contributed by atoms with Crippen LogP contribution in [0.1, 0.15) is 83.1 Å². The van der Waals surface area contributed by atoms with Crippen LogP contribution < -0.4 is 16.0 Å². The first kappa shape index (κ1) is 37.5. The zero-order valence-corrected chi connectivity index (χ0v) is 31.1. The fraction of sp³-hybridized carbons (Fsp3) is 0.564. The molecule has 3 N–H and O–H groups in total. The van der Waals surface area contributed by atoms with Crippen molar-refractivity contribution in [2.75, 3.05) is 13.1 Å². The molecule has 2 unspecified atom stereocenters. The monoisotopic (exact) mass is 713 g/mol. The summed E-state index contributed by atoms with van der Waals surface area (Å²) in [5, 5.41) is 7.94. The number of urea groups is 2. The third kappa shape index (κ3) is 7.22. The third-order valence-corrected chi connectivity index (χ3v) is 12.0. The second-order valence-corrected chi connectivity index (χ2v) is 15.9. The summed E-state index contributed by atoms with van der Waals surface area (Å²) in [6, 6.07) is 14.3. The zero-order valence-electron chi connectivity index (χ0n) is 31.1. The van der Waals surface area contributed by atoms with Gasteiger partial charge in [-0.25, -0.2) is 14.5 Å². The van der Waals surface area contributed by atoms with E-state index in [1.54, 1.807) is 44.2 Å². The summed E-state index contributed by atoms with van der Waals surface area (Å²) in [5.74, 6) is -1.92. The summed E-state index contributed by atoms with van der Waals surface area (Å²) in [7, 11) is -0.668. The molecule has 7 rings (SSSR count). The number of rotatable bonds is 12. The zero-order chi connectivity index (χ0) is 37.4. The van der Waals surface area contributed by atoms with Gasteiger partial charge in [-0.2, -0.15) is 0 Å². The lowest BCUT2D eigenvalue weighted by Gasteiger charge is -2.64. The van der Waals surface area contributed by atoms with E-state index in [0.717, 1.165) is 23.3 Å². The first-order valence-electron chi connectivity index (χ1n) is 18.7. The smallest absolute Gasteiger partial charge is 0.404 e. The highest BCUT2D eigenvalue weighted by Crippen LogP contribution is 2.65. The van der Waals surface area contributed by atoms with Gasteiger partial charge in [0.1, 0.15) is 12.1 Å². The largest absolute Gasteiger partial charge is 0.481 e. The van der Waals surface area contributed by atoms with Crippen LogP contribution in [0.4, 0.5) is 9.59 Å². The van der Waals surface area contributed by atoms with Crippen molar-refractivity contribution >= 4 is 36.9 Å². The van der Waals surface area contributed by atoms with Crippen LogP contribution in [0, 0.1) is 23.2 Å². The van der Waals surface area contributed by atoms with Gasteiger partial charge in [0.2, 0.25) is 5.91 Å². The third-order valence-electron chi connectivity index (χ3n) is 12.0. The van der Waals surface area contributed by atoms with Crippen LogP contribution in [0.15, 0.2) is 60.7 Å². The summed E-state index contributed by atoms with van der Waals surface area (Å²) in [6.45, 7) is 12.4. The van der Waals surface area contributed by atoms with Crippen molar-refractivity contribution in [1.82, 2.24) is 25.8 Å². The minimum atomic E-state index is -1.20. The van der Waals surface area contributed by atoms with E-state index in [1.807, 2.05) is 37.3 Å². The Morgan fingerprint density at radius 1 is 0.962 bits per heavy atom. The molecule has 3 saturated carbocycles. The fourth-order valence-electron chi connectivity index (χ4n) is 8.73. The van der Waals surface area contributed by atoms with Gasteiger partial charge in [0.15, 0.2) is 0 Å². The van der Waals surface area contributed by atoms with Gasteiger partial charge in [-0.05, 0) is 79.9 Å². The van der Waals surface area contributed by atoms with Crippen molar-refractivity contribution in [1.29, 1.82) is 0 Å². The van der Waals surface area contributed by atoms with Crippen LogP contribution >= 0.6 is 0 Å². The van der Waals surface area contributed by atoms with E-state index in [1.165, 1.54) is 4.90 Å². The molecule has 7 amide bonds. The van der Waals surface area contributed by atoms with E-state index in [-0.39, 0.29) is 23.6 Å². The van der Waals surface area contributed by atoms with E-state index in [2.05, 4.69) is 36.7 Å². The lowest BCUT2D eigenvalue weighted by Crippen LogP contribution is -2.65. The van der Waals surface area contributed by atoms with E-state index in [9.17, 15) is 24.0 Å². The predicted octanol–water partition coefficient (Wildman–Crippen LogP) is 4.58. The Morgan fingerprint density at radius 2 is 1.63 bits per heavy atom. The molecule has 2 aliphatic heterocycles. The highest BCUT2D eigenvalue weighted by molar-refractivity contribution is 6.48. The summed E-state index contributed by atoms with van der Waals surface area (Å²) >= 11 is 0. The Labute approximate surface area is 306 Å². The van der Waals surface area contributed by atoms with Crippen molar-refractivity contribution in [3.63, 3.8) is 0 Å².